The summed E-state index contributed by atoms with van der Waals surface area (Å²) in [5.74, 6) is -3.24. The van der Waals surface area contributed by atoms with Crippen LogP contribution in [0.1, 0.15) is 226 Å². The maximum Gasteiger partial charge on any atom is 0.335 e. The molecular weight excluding hydrogens is 901 g/mol. The first-order valence-electron chi connectivity index (χ1n) is 27.9. The molecule has 0 aromatic carbocycles. The smallest absolute Gasteiger partial charge is 0.335 e. The molecule has 0 aliphatic carbocycles. The van der Waals surface area contributed by atoms with Gasteiger partial charge < -0.3 is 39.0 Å². The Balaban J connectivity index is 2.76. The standard InChI is InChI=1S/C59H98O12/c1-4-7-10-13-16-19-22-25-26-29-32-35-38-41-44-47-53(62)70-57-55(64)54(63)56(58(65)66)71-59(57)68-49-50(69-52(61)46-43-40-37-34-31-28-24-21-18-15-12-9-6-3)48-67-51(60)45-42-39-36-33-30-27-23-20-17-14-11-8-5-2/h8,11,16-17,19-20,25-27,30,36,39,50,54-57,59,63-64H,4-7,9-10,12-15,18,21-24,28-29,31-35,37-38,40-49H2,1-3H3,(H,65,66)/b11-8-,19-16-,20-17-,26-25-,30-27-,39-36-. The van der Waals surface area contributed by atoms with Crippen molar-refractivity contribution in [3.05, 3.63) is 72.9 Å². The van der Waals surface area contributed by atoms with Crippen LogP contribution in [0.4, 0.5) is 0 Å². The van der Waals surface area contributed by atoms with E-state index < -0.39 is 67.3 Å². The number of esters is 3. The number of hydrogen-bond donors (Lipinski definition) is 3. The van der Waals surface area contributed by atoms with Crippen molar-refractivity contribution < 1.29 is 58.2 Å². The largest absolute Gasteiger partial charge is 0.479 e. The number of aliphatic carboxylic acids is 1. The highest BCUT2D eigenvalue weighted by Crippen LogP contribution is 2.26. The molecule has 406 valence electrons. The lowest BCUT2D eigenvalue weighted by Gasteiger charge is -2.40. The Morgan fingerprint density at radius 1 is 0.479 bits per heavy atom. The van der Waals surface area contributed by atoms with Crippen molar-refractivity contribution in [1.82, 2.24) is 0 Å². The molecule has 12 nitrogen and oxygen atoms in total. The minimum atomic E-state index is -1.92. The second-order valence-electron chi connectivity index (χ2n) is 18.8. The molecule has 1 fully saturated rings. The van der Waals surface area contributed by atoms with Crippen LogP contribution < -0.4 is 0 Å². The van der Waals surface area contributed by atoms with Crippen molar-refractivity contribution >= 4 is 23.9 Å². The number of rotatable bonds is 46. The zero-order valence-corrected chi connectivity index (χ0v) is 44.4. The van der Waals surface area contributed by atoms with Crippen molar-refractivity contribution in [2.24, 2.45) is 0 Å². The van der Waals surface area contributed by atoms with Gasteiger partial charge in [0.05, 0.1) is 6.61 Å². The zero-order chi connectivity index (χ0) is 51.8. The minimum Gasteiger partial charge on any atom is -0.479 e. The molecule has 0 spiro atoms. The van der Waals surface area contributed by atoms with Crippen molar-refractivity contribution in [3.8, 4) is 0 Å². The number of ether oxygens (including phenoxy) is 5. The van der Waals surface area contributed by atoms with E-state index in [1.54, 1.807) is 0 Å². The maximum absolute atomic E-state index is 13.1. The van der Waals surface area contributed by atoms with E-state index in [0.29, 0.717) is 19.3 Å². The van der Waals surface area contributed by atoms with E-state index in [4.69, 9.17) is 23.7 Å². The SMILES string of the molecule is CC/C=C\C/C=C\C/C=C\C/C=C\CCC(=O)OCC(COC1OC(C(=O)O)C(O)C(O)C1OC(=O)CCCCCCC/C=C\C/C=C\CCCCC)OC(=O)CCCCCCCCCCCCCCC. The van der Waals surface area contributed by atoms with Crippen LogP contribution in [0, 0.1) is 0 Å². The second kappa shape index (κ2) is 47.2. The first-order valence-corrected chi connectivity index (χ1v) is 27.9. The van der Waals surface area contributed by atoms with Gasteiger partial charge in [0.15, 0.2) is 24.6 Å². The Kier molecular flexibility index (Phi) is 43.3. The molecule has 6 atom stereocenters. The monoisotopic (exact) mass is 999 g/mol. The summed E-state index contributed by atoms with van der Waals surface area (Å²) in [7, 11) is 0. The molecule has 0 bridgehead atoms. The average molecular weight is 999 g/mol. The fourth-order valence-corrected chi connectivity index (χ4v) is 8.00. The second-order valence-corrected chi connectivity index (χ2v) is 18.8. The lowest BCUT2D eigenvalue weighted by atomic mass is 9.98. The third-order valence-electron chi connectivity index (χ3n) is 12.3. The topological polar surface area (TPSA) is 175 Å². The van der Waals surface area contributed by atoms with Gasteiger partial charge in [-0.1, -0.05) is 203 Å². The quantitative estimate of drug-likeness (QED) is 0.0228. The molecule has 0 radical (unpaired) electrons. The third-order valence-corrected chi connectivity index (χ3v) is 12.3. The third kappa shape index (κ3) is 37.6. The highest BCUT2D eigenvalue weighted by atomic mass is 16.7. The summed E-state index contributed by atoms with van der Waals surface area (Å²) in [6, 6.07) is 0. The molecule has 1 rings (SSSR count). The maximum atomic E-state index is 13.1. The minimum absolute atomic E-state index is 0.0369. The summed E-state index contributed by atoms with van der Waals surface area (Å²) in [4.78, 5) is 50.9. The molecule has 0 amide bonds. The number of carboxylic acid groups (broad SMARTS) is 1. The van der Waals surface area contributed by atoms with Crippen molar-refractivity contribution in [3.63, 3.8) is 0 Å². The van der Waals surface area contributed by atoms with Crippen molar-refractivity contribution in [2.45, 2.75) is 263 Å². The van der Waals surface area contributed by atoms with Gasteiger partial charge in [0.25, 0.3) is 0 Å². The summed E-state index contributed by atoms with van der Waals surface area (Å²) < 4.78 is 28.3. The normalized spacial score (nSPS) is 19.0. The first kappa shape index (κ1) is 65.2. The average Bonchev–Trinajstić information content (AvgIpc) is 3.35. The Bertz CT molecular complexity index is 1510. The number of carbonyl (C=O) groups is 4. The number of unbranched alkanes of at least 4 members (excludes halogenated alkanes) is 20. The molecule has 0 aromatic heterocycles. The van der Waals surface area contributed by atoms with Gasteiger partial charge in [0, 0.05) is 19.3 Å². The van der Waals surface area contributed by atoms with Gasteiger partial charge in [-0.15, -0.1) is 0 Å². The predicted molar refractivity (Wildman–Crippen MR) is 285 cm³/mol. The molecule has 71 heavy (non-hydrogen) atoms. The van der Waals surface area contributed by atoms with Gasteiger partial charge in [-0.3, -0.25) is 14.4 Å². The molecule has 12 heteroatoms. The molecule has 1 heterocycles. The van der Waals surface area contributed by atoms with Gasteiger partial charge >= 0.3 is 23.9 Å². The molecule has 0 saturated carbocycles. The lowest BCUT2D eigenvalue weighted by molar-refractivity contribution is -0.301. The van der Waals surface area contributed by atoms with E-state index in [9.17, 15) is 34.5 Å². The predicted octanol–water partition coefficient (Wildman–Crippen LogP) is 13.8. The van der Waals surface area contributed by atoms with Crippen LogP contribution in [0.5, 0.6) is 0 Å². The summed E-state index contributed by atoms with van der Waals surface area (Å²) in [5.41, 5.74) is 0. The summed E-state index contributed by atoms with van der Waals surface area (Å²) in [5, 5.41) is 31.4. The highest BCUT2D eigenvalue weighted by molar-refractivity contribution is 5.74. The molecule has 1 saturated heterocycles. The van der Waals surface area contributed by atoms with Crippen LogP contribution in [0.15, 0.2) is 72.9 Å². The highest BCUT2D eigenvalue weighted by Gasteiger charge is 2.50. The number of hydrogen-bond acceptors (Lipinski definition) is 11. The van der Waals surface area contributed by atoms with Gasteiger partial charge in [-0.25, -0.2) is 4.79 Å². The van der Waals surface area contributed by atoms with Crippen molar-refractivity contribution in [2.75, 3.05) is 13.2 Å². The van der Waals surface area contributed by atoms with Crippen LogP contribution in [0.2, 0.25) is 0 Å². The van der Waals surface area contributed by atoms with Gasteiger partial charge in [0.2, 0.25) is 0 Å². The molecular formula is C59H98O12. The van der Waals surface area contributed by atoms with Crippen LogP contribution in [0.3, 0.4) is 0 Å². The molecule has 1 aliphatic rings. The molecule has 6 unspecified atom stereocenters. The van der Waals surface area contributed by atoms with E-state index in [1.165, 1.54) is 77.0 Å². The number of carbonyl (C=O) groups excluding carboxylic acids is 3. The van der Waals surface area contributed by atoms with E-state index >= 15 is 0 Å². The Hall–Kier alpha value is -3.84. The van der Waals surface area contributed by atoms with Gasteiger partial charge in [-0.05, 0) is 77.0 Å². The van der Waals surface area contributed by atoms with Gasteiger partial charge in [-0.2, -0.15) is 0 Å². The summed E-state index contributed by atoms with van der Waals surface area (Å²) in [6.07, 6.45) is 46.1. The first-order chi connectivity index (χ1) is 34.6. The van der Waals surface area contributed by atoms with Crippen molar-refractivity contribution in [1.29, 1.82) is 0 Å². The molecule has 3 N–H and O–H groups in total. The van der Waals surface area contributed by atoms with E-state index in [2.05, 4.69) is 81.5 Å². The van der Waals surface area contributed by atoms with E-state index in [-0.39, 0.29) is 25.9 Å². The summed E-state index contributed by atoms with van der Waals surface area (Å²) >= 11 is 0. The van der Waals surface area contributed by atoms with Crippen LogP contribution in [0.25, 0.3) is 0 Å². The van der Waals surface area contributed by atoms with E-state index in [1.807, 2.05) is 12.2 Å². The Morgan fingerprint density at radius 2 is 0.915 bits per heavy atom. The van der Waals surface area contributed by atoms with Crippen LogP contribution >= 0.6 is 0 Å². The Morgan fingerprint density at radius 3 is 1.44 bits per heavy atom. The lowest BCUT2D eigenvalue weighted by Crippen LogP contribution is -2.61. The molecule has 0 aromatic rings. The van der Waals surface area contributed by atoms with Crippen LogP contribution in [-0.2, 0) is 42.9 Å². The zero-order valence-electron chi connectivity index (χ0n) is 44.4. The fourth-order valence-electron chi connectivity index (χ4n) is 8.00. The number of aliphatic hydroxyl groups is 2. The summed E-state index contributed by atoms with van der Waals surface area (Å²) in [6.45, 7) is 5.76. The number of allylic oxidation sites excluding steroid dienone is 12. The molecule has 1 aliphatic heterocycles. The number of aliphatic hydroxyl groups excluding tert-OH is 2. The van der Waals surface area contributed by atoms with Gasteiger partial charge in [0.1, 0.15) is 18.8 Å². The number of carboxylic acids is 1. The van der Waals surface area contributed by atoms with Crippen LogP contribution in [-0.4, -0.2) is 89.2 Å². The fraction of sp³-hybridized carbons (Fsp3) is 0.729. The van der Waals surface area contributed by atoms with E-state index in [0.717, 1.165) is 89.9 Å². The Labute approximate surface area is 429 Å².